The van der Waals surface area contributed by atoms with Gasteiger partial charge < -0.3 is 4.74 Å². The van der Waals surface area contributed by atoms with Gasteiger partial charge in [0.2, 0.25) is 5.88 Å². The van der Waals surface area contributed by atoms with Gasteiger partial charge in [0, 0.05) is 35.9 Å². The largest absolute Gasteiger partial charge is 0.458 e. The number of rotatable bonds is 5. The summed E-state index contributed by atoms with van der Waals surface area (Å²) in [4.78, 5) is 27.2. The monoisotopic (exact) mass is 396 g/mol. The molecular weight excluding hydrogens is 376 g/mol. The fourth-order valence-corrected chi connectivity index (χ4v) is 3.70. The van der Waals surface area contributed by atoms with Gasteiger partial charge >= 0.3 is 6.03 Å². The highest BCUT2D eigenvalue weighted by Crippen LogP contribution is 2.25. The minimum Gasteiger partial charge on any atom is -0.458 e. The highest BCUT2D eigenvalue weighted by atomic mass is 32.1. The van der Waals surface area contributed by atoms with Crippen LogP contribution < -0.4 is 15.4 Å². The third kappa shape index (κ3) is 4.44. The van der Waals surface area contributed by atoms with E-state index in [1.54, 1.807) is 36.0 Å². The number of aromatic nitrogens is 3. The molecule has 1 aliphatic heterocycles. The summed E-state index contributed by atoms with van der Waals surface area (Å²) in [7, 11) is 2.03. The first-order valence-corrected chi connectivity index (χ1v) is 9.83. The van der Waals surface area contributed by atoms with Crippen LogP contribution in [0.4, 0.5) is 16.4 Å². The van der Waals surface area contributed by atoms with Crippen molar-refractivity contribution in [2.45, 2.75) is 19.1 Å². The molecule has 3 aromatic rings. The van der Waals surface area contributed by atoms with Crippen molar-refractivity contribution in [2.24, 2.45) is 0 Å². The van der Waals surface area contributed by atoms with Crippen LogP contribution >= 0.6 is 11.3 Å². The molecule has 4 heterocycles. The molecule has 2 N–H and O–H groups in total. The van der Waals surface area contributed by atoms with Crippen LogP contribution in [0, 0.1) is 0 Å². The van der Waals surface area contributed by atoms with Crippen molar-refractivity contribution >= 4 is 29.0 Å². The Kier molecular flexibility index (Phi) is 5.45. The zero-order valence-electron chi connectivity index (χ0n) is 15.3. The molecule has 1 saturated heterocycles. The maximum atomic E-state index is 12.3. The summed E-state index contributed by atoms with van der Waals surface area (Å²) >= 11 is 1.45. The van der Waals surface area contributed by atoms with Gasteiger partial charge in [-0.2, -0.15) is 4.98 Å². The molecule has 1 aliphatic rings. The third-order valence-corrected chi connectivity index (χ3v) is 5.24. The number of ether oxygens (including phenoxy) is 1. The molecule has 28 heavy (non-hydrogen) atoms. The molecule has 9 heteroatoms. The van der Waals surface area contributed by atoms with Crippen LogP contribution in [-0.4, -0.2) is 45.7 Å². The Morgan fingerprint density at radius 1 is 1.18 bits per heavy atom. The van der Waals surface area contributed by atoms with Crippen LogP contribution in [-0.2, 0) is 0 Å². The van der Waals surface area contributed by atoms with E-state index in [1.165, 1.54) is 11.3 Å². The lowest BCUT2D eigenvalue weighted by Crippen LogP contribution is -2.30. The molecule has 0 bridgehead atoms. The Morgan fingerprint density at radius 2 is 2.00 bits per heavy atom. The molecule has 1 fully saturated rings. The Balaban J connectivity index is 1.36. The van der Waals surface area contributed by atoms with Gasteiger partial charge in [-0.15, -0.1) is 11.3 Å². The zero-order chi connectivity index (χ0) is 19.3. The highest BCUT2D eigenvalue weighted by molar-refractivity contribution is 7.13. The smallest absolute Gasteiger partial charge is 0.326 e. The number of pyridine rings is 2. The maximum absolute atomic E-state index is 12.3. The normalized spacial score (nSPS) is 16.7. The van der Waals surface area contributed by atoms with Gasteiger partial charge in [0.25, 0.3) is 0 Å². The summed E-state index contributed by atoms with van der Waals surface area (Å²) in [5.74, 6) is 1.39. The molecule has 8 nitrogen and oxygen atoms in total. The molecular formula is C19H20N6O2S. The number of anilines is 2. The van der Waals surface area contributed by atoms with Crippen LogP contribution in [0.5, 0.6) is 5.88 Å². The van der Waals surface area contributed by atoms with Gasteiger partial charge in [0.1, 0.15) is 16.6 Å². The van der Waals surface area contributed by atoms with Gasteiger partial charge in [-0.25, -0.2) is 9.78 Å². The number of likely N-dealkylation sites (tertiary alicyclic amines) is 1. The number of hydrogen-bond donors (Lipinski definition) is 2. The lowest BCUT2D eigenvalue weighted by molar-refractivity contribution is 0.0767. The van der Waals surface area contributed by atoms with Gasteiger partial charge in [-0.1, -0.05) is 6.07 Å². The number of nitrogens with one attached hydrogen (secondary N) is 2. The zero-order valence-corrected chi connectivity index (χ0v) is 16.1. The molecule has 0 aromatic carbocycles. The molecule has 2 amide bonds. The summed E-state index contributed by atoms with van der Waals surface area (Å²) in [6.07, 6.45) is 5.52. The Hall–Kier alpha value is -3.04. The number of carbonyl (C=O) groups is 1. The van der Waals surface area contributed by atoms with Crippen LogP contribution in [0.3, 0.4) is 0 Å². The summed E-state index contributed by atoms with van der Waals surface area (Å²) in [6, 6.07) is 8.65. The minimum atomic E-state index is -0.408. The van der Waals surface area contributed by atoms with E-state index in [-0.39, 0.29) is 6.23 Å². The molecule has 0 aliphatic carbocycles. The van der Waals surface area contributed by atoms with Crippen LogP contribution in [0.15, 0.2) is 48.1 Å². The predicted octanol–water partition coefficient (Wildman–Crippen LogP) is 3.67. The Bertz CT molecular complexity index is 948. The van der Waals surface area contributed by atoms with E-state index in [2.05, 4.69) is 30.5 Å². The van der Waals surface area contributed by atoms with Crippen molar-refractivity contribution < 1.29 is 9.53 Å². The maximum Gasteiger partial charge on any atom is 0.326 e. The summed E-state index contributed by atoms with van der Waals surface area (Å²) in [6.45, 7) is 1.01. The van der Waals surface area contributed by atoms with Crippen molar-refractivity contribution in [3.05, 3.63) is 48.1 Å². The molecule has 0 spiro atoms. The number of thiazole rings is 1. The van der Waals surface area contributed by atoms with E-state index in [0.717, 1.165) is 30.0 Å². The molecule has 144 valence electrons. The van der Waals surface area contributed by atoms with Crippen molar-refractivity contribution in [3.63, 3.8) is 0 Å². The van der Waals surface area contributed by atoms with E-state index in [1.807, 2.05) is 19.2 Å². The van der Waals surface area contributed by atoms with Crippen molar-refractivity contribution in [3.8, 4) is 16.5 Å². The number of amides is 2. The first-order valence-electron chi connectivity index (χ1n) is 8.95. The van der Waals surface area contributed by atoms with E-state index >= 15 is 0 Å². The summed E-state index contributed by atoms with van der Waals surface area (Å²) < 4.78 is 5.91. The second-order valence-corrected chi connectivity index (χ2v) is 7.27. The second-order valence-electron chi connectivity index (χ2n) is 6.41. The van der Waals surface area contributed by atoms with Gasteiger partial charge in [0.15, 0.2) is 6.23 Å². The lowest BCUT2D eigenvalue weighted by atomic mass is 10.3. The molecule has 0 saturated carbocycles. The third-order valence-electron chi connectivity index (χ3n) is 4.35. The molecule has 0 radical (unpaired) electrons. The van der Waals surface area contributed by atoms with Gasteiger partial charge in [0.05, 0.1) is 0 Å². The number of urea groups is 1. The van der Waals surface area contributed by atoms with Crippen LogP contribution in [0.1, 0.15) is 12.8 Å². The molecule has 1 unspecified atom stereocenters. The predicted molar refractivity (Wildman–Crippen MR) is 109 cm³/mol. The SMILES string of the molecule is CN1CCCC1Oc1cccc(NC(=O)Nc2csc(-c3ccncc3)n2)n1. The lowest BCUT2D eigenvalue weighted by Gasteiger charge is -2.20. The standard InChI is InChI=1S/C19H20N6O2S/c1-25-11-3-6-17(25)27-16-5-2-4-14(21-16)23-19(26)24-15-12-28-18(22-15)13-7-9-20-10-8-13/h2,4-5,7-10,12,17H,3,6,11H2,1H3,(H2,21,23,24,26). The van der Waals surface area contributed by atoms with Crippen molar-refractivity contribution in [1.82, 2.24) is 19.9 Å². The minimum absolute atomic E-state index is 0.0261. The first-order chi connectivity index (χ1) is 13.7. The van der Waals surface area contributed by atoms with E-state index < -0.39 is 6.03 Å². The van der Waals surface area contributed by atoms with E-state index in [9.17, 15) is 4.79 Å². The fraction of sp³-hybridized carbons (Fsp3) is 0.263. The van der Waals surface area contributed by atoms with Crippen LogP contribution in [0.25, 0.3) is 10.6 Å². The number of carbonyl (C=O) groups excluding carboxylic acids is 1. The number of hydrogen-bond acceptors (Lipinski definition) is 7. The molecule has 3 aromatic heterocycles. The fourth-order valence-electron chi connectivity index (χ4n) is 2.94. The summed E-state index contributed by atoms with van der Waals surface area (Å²) in [5, 5.41) is 8.04. The average molecular weight is 396 g/mol. The molecule has 1 atom stereocenters. The van der Waals surface area contributed by atoms with Crippen molar-refractivity contribution in [1.29, 1.82) is 0 Å². The quantitative estimate of drug-likeness (QED) is 0.684. The highest BCUT2D eigenvalue weighted by Gasteiger charge is 2.22. The van der Waals surface area contributed by atoms with E-state index in [4.69, 9.17) is 4.74 Å². The topological polar surface area (TPSA) is 92.3 Å². The molecule has 4 rings (SSSR count). The average Bonchev–Trinajstić information content (AvgIpc) is 3.32. The number of nitrogens with zero attached hydrogens (tertiary/aromatic N) is 4. The van der Waals surface area contributed by atoms with Crippen LogP contribution in [0.2, 0.25) is 0 Å². The first kappa shape index (κ1) is 18.3. The Morgan fingerprint density at radius 3 is 2.79 bits per heavy atom. The van der Waals surface area contributed by atoms with Crippen molar-refractivity contribution in [2.75, 3.05) is 24.2 Å². The van der Waals surface area contributed by atoms with Gasteiger partial charge in [-0.3, -0.25) is 20.5 Å². The van der Waals surface area contributed by atoms with E-state index in [0.29, 0.717) is 17.5 Å². The second kappa shape index (κ2) is 8.32. The summed E-state index contributed by atoms with van der Waals surface area (Å²) in [5.41, 5.74) is 0.955. The Labute approximate surface area is 166 Å². The van der Waals surface area contributed by atoms with Gasteiger partial charge in [-0.05, 0) is 38.1 Å².